The van der Waals surface area contributed by atoms with E-state index in [4.69, 9.17) is 5.73 Å². The predicted octanol–water partition coefficient (Wildman–Crippen LogP) is 1.07. The Hall–Kier alpha value is -2.76. The number of aromatic hydroxyl groups is 1. The molecule has 2 aromatic rings. The zero-order valence-corrected chi connectivity index (χ0v) is 9.42. The van der Waals surface area contributed by atoms with Crippen molar-refractivity contribution in [1.29, 1.82) is 0 Å². The molecule has 5 N–H and O–H groups in total. The summed E-state index contributed by atoms with van der Waals surface area (Å²) in [5, 5.41) is 13.1. The minimum absolute atomic E-state index is 0.0325. The van der Waals surface area contributed by atoms with E-state index in [1.54, 1.807) is 12.3 Å². The third-order valence-corrected chi connectivity index (χ3v) is 2.32. The van der Waals surface area contributed by atoms with E-state index in [2.05, 4.69) is 15.5 Å². The number of benzene rings is 1. The molecule has 1 aromatic heterocycles. The van der Waals surface area contributed by atoms with Gasteiger partial charge < -0.3 is 15.8 Å². The van der Waals surface area contributed by atoms with Gasteiger partial charge in [0.05, 0.1) is 23.2 Å². The van der Waals surface area contributed by atoms with Crippen LogP contribution in [0.25, 0.3) is 0 Å². The van der Waals surface area contributed by atoms with Crippen LogP contribution in [-0.4, -0.2) is 22.2 Å². The molecule has 0 saturated carbocycles. The summed E-state index contributed by atoms with van der Waals surface area (Å²) >= 11 is 0. The molecule has 0 bridgehead atoms. The van der Waals surface area contributed by atoms with E-state index < -0.39 is 5.91 Å². The number of rotatable bonds is 3. The molecule has 92 valence electrons. The first-order valence-corrected chi connectivity index (χ1v) is 5.22. The maximum atomic E-state index is 11.7. The first-order chi connectivity index (χ1) is 8.68. The second-order valence-electron chi connectivity index (χ2n) is 3.56. The fourth-order valence-corrected chi connectivity index (χ4v) is 1.40. The maximum Gasteiger partial charge on any atom is 0.273 e. The number of nitrogens with two attached hydrogens (primary N) is 1. The summed E-state index contributed by atoms with van der Waals surface area (Å²) in [4.78, 5) is 14.6. The van der Waals surface area contributed by atoms with Crippen molar-refractivity contribution >= 4 is 17.8 Å². The summed E-state index contributed by atoms with van der Waals surface area (Å²) in [6, 6.07) is 8.08. The van der Waals surface area contributed by atoms with Crippen LogP contribution >= 0.6 is 0 Å². The van der Waals surface area contributed by atoms with Crippen LogP contribution in [0, 0.1) is 0 Å². The molecule has 0 unspecified atom stereocenters. The van der Waals surface area contributed by atoms with Gasteiger partial charge in [-0.2, -0.15) is 5.10 Å². The van der Waals surface area contributed by atoms with E-state index in [1.807, 2.05) is 6.07 Å². The van der Waals surface area contributed by atoms with Crippen LogP contribution in [0.3, 0.4) is 0 Å². The number of H-pyrrole nitrogens is 1. The van der Waals surface area contributed by atoms with Gasteiger partial charge in [-0.25, -0.2) is 5.43 Å². The van der Waals surface area contributed by atoms with Crippen molar-refractivity contribution in [3.05, 3.63) is 47.8 Å². The Morgan fingerprint density at radius 3 is 2.94 bits per heavy atom. The zero-order valence-electron chi connectivity index (χ0n) is 9.42. The van der Waals surface area contributed by atoms with Gasteiger partial charge in [-0.05, 0) is 24.3 Å². The molecule has 6 heteroatoms. The third-order valence-electron chi connectivity index (χ3n) is 2.32. The molecule has 0 atom stereocenters. The Morgan fingerprint density at radius 2 is 2.22 bits per heavy atom. The number of hydrazone groups is 1. The van der Waals surface area contributed by atoms with Crippen LogP contribution in [0.4, 0.5) is 5.69 Å². The van der Waals surface area contributed by atoms with Crippen LogP contribution in [0.15, 0.2) is 41.6 Å². The lowest BCUT2D eigenvalue weighted by atomic mass is 10.1. The van der Waals surface area contributed by atoms with Crippen LogP contribution < -0.4 is 11.2 Å². The minimum Gasteiger partial charge on any atom is -0.506 e. The average Bonchev–Trinajstić information content (AvgIpc) is 2.85. The first-order valence-electron chi connectivity index (χ1n) is 5.22. The molecule has 1 amide bonds. The number of phenolic OH excluding ortho intramolecular Hbond substituents is 1. The van der Waals surface area contributed by atoms with Gasteiger partial charge in [0.25, 0.3) is 5.91 Å². The molecular formula is C12H12N4O2. The third kappa shape index (κ3) is 2.49. The Morgan fingerprint density at radius 1 is 1.39 bits per heavy atom. The van der Waals surface area contributed by atoms with Crippen LogP contribution in [0.1, 0.15) is 16.1 Å². The topological polar surface area (TPSA) is 104 Å². The lowest BCUT2D eigenvalue weighted by Gasteiger charge is -2.04. The van der Waals surface area contributed by atoms with Gasteiger partial charge in [-0.3, -0.25) is 4.79 Å². The van der Waals surface area contributed by atoms with Crippen molar-refractivity contribution in [2.45, 2.75) is 0 Å². The Balaban J connectivity index is 2.06. The number of carbonyl (C=O) groups is 1. The van der Waals surface area contributed by atoms with Gasteiger partial charge in [-0.1, -0.05) is 6.07 Å². The van der Waals surface area contributed by atoms with Gasteiger partial charge in [0.1, 0.15) is 5.75 Å². The van der Waals surface area contributed by atoms with Gasteiger partial charge in [0.2, 0.25) is 0 Å². The monoisotopic (exact) mass is 244 g/mol. The summed E-state index contributed by atoms with van der Waals surface area (Å²) in [6.07, 6.45) is 3.22. The molecule has 0 radical (unpaired) electrons. The lowest BCUT2D eigenvalue weighted by molar-refractivity contribution is 0.0955. The molecule has 0 fully saturated rings. The molecule has 0 aliphatic heterocycles. The summed E-state index contributed by atoms with van der Waals surface area (Å²) in [5.74, 6) is -0.609. The van der Waals surface area contributed by atoms with E-state index in [0.717, 1.165) is 5.69 Å². The molecule has 0 aliphatic rings. The smallest absolute Gasteiger partial charge is 0.273 e. The molecule has 18 heavy (non-hydrogen) atoms. The minimum atomic E-state index is -0.480. The summed E-state index contributed by atoms with van der Waals surface area (Å²) in [6.45, 7) is 0. The number of aromatic nitrogens is 1. The number of anilines is 1. The summed E-state index contributed by atoms with van der Waals surface area (Å²) < 4.78 is 0. The molecule has 6 nitrogen and oxygen atoms in total. The molecule has 2 rings (SSSR count). The van der Waals surface area contributed by atoms with E-state index in [0.29, 0.717) is 0 Å². The maximum absolute atomic E-state index is 11.7. The van der Waals surface area contributed by atoms with Crippen LogP contribution in [-0.2, 0) is 0 Å². The average molecular weight is 244 g/mol. The molecule has 0 aliphatic carbocycles. The fourth-order valence-electron chi connectivity index (χ4n) is 1.40. The number of amides is 1. The van der Waals surface area contributed by atoms with Crippen molar-refractivity contribution in [1.82, 2.24) is 10.4 Å². The second-order valence-corrected chi connectivity index (χ2v) is 3.56. The fraction of sp³-hybridized carbons (Fsp3) is 0. The number of nitrogens with zero attached hydrogens (tertiary/aromatic N) is 1. The van der Waals surface area contributed by atoms with Gasteiger partial charge in [0, 0.05) is 6.20 Å². The van der Waals surface area contributed by atoms with E-state index in [1.165, 1.54) is 24.4 Å². The normalized spacial score (nSPS) is 10.7. The zero-order chi connectivity index (χ0) is 13.0. The Kier molecular flexibility index (Phi) is 3.29. The highest BCUT2D eigenvalue weighted by atomic mass is 16.3. The van der Waals surface area contributed by atoms with Crippen molar-refractivity contribution < 1.29 is 9.90 Å². The number of nitrogens with one attached hydrogen (secondary N) is 2. The van der Waals surface area contributed by atoms with Crippen molar-refractivity contribution in [2.24, 2.45) is 5.10 Å². The SMILES string of the molecule is Nc1c(O)cccc1C(=O)N/N=C/c1ccc[nH]1. The lowest BCUT2D eigenvalue weighted by Crippen LogP contribution is -2.19. The quantitative estimate of drug-likeness (QED) is 0.281. The first kappa shape index (κ1) is 11.7. The number of phenols is 1. The highest BCUT2D eigenvalue weighted by Crippen LogP contribution is 2.23. The molecule has 0 spiro atoms. The summed E-state index contributed by atoms with van der Waals surface area (Å²) in [5.41, 5.74) is 8.88. The number of carbonyl (C=O) groups excluding carboxylic acids is 1. The van der Waals surface area contributed by atoms with Crippen molar-refractivity contribution in [2.75, 3.05) is 5.73 Å². The van der Waals surface area contributed by atoms with Crippen molar-refractivity contribution in [3.63, 3.8) is 0 Å². The van der Waals surface area contributed by atoms with Gasteiger partial charge >= 0.3 is 0 Å². The molecule has 1 aromatic carbocycles. The highest BCUT2D eigenvalue weighted by Gasteiger charge is 2.10. The standard InChI is InChI=1S/C12H12N4O2/c13-11-9(4-1-5-10(11)17)12(18)16-15-7-8-3-2-6-14-8/h1-7,14,17H,13H2,(H,16,18)/b15-7+. The van der Waals surface area contributed by atoms with Gasteiger partial charge in [0.15, 0.2) is 0 Å². The largest absolute Gasteiger partial charge is 0.506 e. The van der Waals surface area contributed by atoms with E-state index >= 15 is 0 Å². The van der Waals surface area contributed by atoms with Crippen LogP contribution in [0.5, 0.6) is 5.75 Å². The van der Waals surface area contributed by atoms with Crippen molar-refractivity contribution in [3.8, 4) is 5.75 Å². The number of hydrogen-bond donors (Lipinski definition) is 4. The molecule has 0 saturated heterocycles. The van der Waals surface area contributed by atoms with Gasteiger partial charge in [-0.15, -0.1) is 0 Å². The molecule has 1 heterocycles. The van der Waals surface area contributed by atoms with E-state index in [-0.39, 0.29) is 17.0 Å². The summed E-state index contributed by atoms with van der Waals surface area (Å²) in [7, 11) is 0. The highest BCUT2D eigenvalue weighted by molar-refractivity contribution is 6.00. The second kappa shape index (κ2) is 5.05. The molecular weight excluding hydrogens is 232 g/mol. The number of aromatic amines is 1. The Bertz CT molecular complexity index is 576. The van der Waals surface area contributed by atoms with E-state index in [9.17, 15) is 9.90 Å². The number of para-hydroxylation sites is 1. The van der Waals surface area contributed by atoms with Crippen LogP contribution in [0.2, 0.25) is 0 Å². The Labute approximate surface area is 103 Å². The number of hydrogen-bond acceptors (Lipinski definition) is 4. The number of nitrogen functional groups attached to an aromatic ring is 1. The predicted molar refractivity (Wildman–Crippen MR) is 68.4 cm³/mol.